The molecule has 1 aromatic heterocycles. The second kappa shape index (κ2) is 14.5. The Balaban J connectivity index is 2.26. The summed E-state index contributed by atoms with van der Waals surface area (Å²) in [7, 11) is 0. The summed E-state index contributed by atoms with van der Waals surface area (Å²) in [6.45, 7) is 4.56. The molecule has 0 spiro atoms. The van der Waals surface area contributed by atoms with Crippen LogP contribution in [0.25, 0.3) is 6.08 Å². The second-order valence-corrected chi connectivity index (χ2v) is 6.81. The van der Waals surface area contributed by atoms with Crippen LogP contribution in [0, 0.1) is 0 Å². The van der Waals surface area contributed by atoms with E-state index < -0.39 is 0 Å². The maximum atomic E-state index is 4.36. The average molecular weight is 319 g/mol. The van der Waals surface area contributed by atoms with Crippen molar-refractivity contribution in [1.82, 2.24) is 9.97 Å². The highest BCUT2D eigenvalue weighted by molar-refractivity contribution is 5.44. The van der Waals surface area contributed by atoms with Crippen LogP contribution < -0.4 is 0 Å². The molecule has 2 heteroatoms. The van der Waals surface area contributed by atoms with Gasteiger partial charge in [-0.1, -0.05) is 83.6 Å². The van der Waals surface area contributed by atoms with E-state index in [-0.39, 0.29) is 0 Å². The minimum Gasteiger partial charge on any atom is -0.345 e. The third kappa shape index (κ3) is 11.2. The number of unbranched alkanes of at least 4 members (excludes halogenated alkanes) is 10. The second-order valence-electron chi connectivity index (χ2n) is 6.81. The van der Waals surface area contributed by atoms with Gasteiger partial charge in [0.15, 0.2) is 0 Å². The van der Waals surface area contributed by atoms with Crippen LogP contribution in [0.1, 0.15) is 110 Å². The van der Waals surface area contributed by atoms with Gasteiger partial charge >= 0.3 is 0 Å². The Morgan fingerprint density at radius 2 is 1.35 bits per heavy atom. The molecule has 1 N–H and O–H groups in total. The minimum absolute atomic E-state index is 1.02. The minimum atomic E-state index is 1.02. The lowest BCUT2D eigenvalue weighted by Crippen LogP contribution is -1.89. The fourth-order valence-corrected chi connectivity index (χ4v) is 3.08. The highest BCUT2D eigenvalue weighted by Crippen LogP contribution is 2.20. The van der Waals surface area contributed by atoms with Crippen molar-refractivity contribution >= 4 is 6.08 Å². The molecule has 1 aromatic rings. The first-order chi connectivity index (χ1) is 11.4. The lowest BCUT2D eigenvalue weighted by Gasteiger charge is -2.08. The van der Waals surface area contributed by atoms with Gasteiger partial charge in [0.2, 0.25) is 0 Å². The fourth-order valence-electron chi connectivity index (χ4n) is 3.08. The lowest BCUT2D eigenvalue weighted by molar-refractivity contribution is 0.584. The van der Waals surface area contributed by atoms with Crippen LogP contribution in [0.15, 0.2) is 18.0 Å². The Morgan fingerprint density at radius 3 is 1.83 bits per heavy atom. The largest absolute Gasteiger partial charge is 0.345 e. The summed E-state index contributed by atoms with van der Waals surface area (Å²) >= 11 is 0. The summed E-state index contributed by atoms with van der Waals surface area (Å²) in [6.07, 6.45) is 25.1. The van der Waals surface area contributed by atoms with E-state index in [0.29, 0.717) is 0 Å². The predicted octanol–water partition coefficient (Wildman–Crippen LogP) is 7.29. The van der Waals surface area contributed by atoms with Gasteiger partial charge < -0.3 is 4.98 Å². The monoisotopic (exact) mass is 318 g/mol. The normalized spacial score (nSPS) is 10.9. The number of nitrogens with zero attached hydrogens (tertiary/aromatic N) is 1. The molecule has 1 rings (SSSR count). The van der Waals surface area contributed by atoms with Gasteiger partial charge in [-0.15, -0.1) is 0 Å². The molecule has 0 aliphatic heterocycles. The quantitative estimate of drug-likeness (QED) is 0.338. The molecule has 0 fully saturated rings. The van der Waals surface area contributed by atoms with Gasteiger partial charge in [0.05, 0.1) is 0 Å². The van der Waals surface area contributed by atoms with Crippen molar-refractivity contribution in [3.63, 3.8) is 0 Å². The van der Waals surface area contributed by atoms with Crippen molar-refractivity contribution in [2.24, 2.45) is 0 Å². The van der Waals surface area contributed by atoms with Crippen molar-refractivity contribution in [2.45, 2.75) is 104 Å². The molecule has 23 heavy (non-hydrogen) atoms. The zero-order valence-corrected chi connectivity index (χ0v) is 15.6. The van der Waals surface area contributed by atoms with E-state index in [1.54, 1.807) is 5.57 Å². The molecule has 0 saturated heterocycles. The molecule has 1 heterocycles. The van der Waals surface area contributed by atoms with E-state index in [4.69, 9.17) is 0 Å². The van der Waals surface area contributed by atoms with E-state index in [1.165, 1.54) is 89.9 Å². The number of hydrogen-bond acceptors (Lipinski definition) is 1. The molecule has 0 unspecified atom stereocenters. The number of H-pyrrole nitrogens is 1. The first kappa shape index (κ1) is 20.0. The zero-order chi connectivity index (χ0) is 16.6. The number of aromatic nitrogens is 2. The topological polar surface area (TPSA) is 28.7 Å². The van der Waals surface area contributed by atoms with Crippen LogP contribution in [-0.4, -0.2) is 9.97 Å². The standard InChI is InChI=1S/C21H38N2/c1-3-5-7-9-11-13-15-20(19-21-22-17-18-23-21)16-14-12-10-8-6-4-2/h17-19H,3-16H2,1-2H3,(H,22,23). The molecule has 0 saturated carbocycles. The average Bonchev–Trinajstić information content (AvgIpc) is 3.06. The van der Waals surface area contributed by atoms with Gasteiger partial charge in [-0.2, -0.15) is 0 Å². The Morgan fingerprint density at radius 1 is 0.826 bits per heavy atom. The van der Waals surface area contributed by atoms with Crippen LogP contribution in [0.2, 0.25) is 0 Å². The maximum absolute atomic E-state index is 4.36. The summed E-state index contributed by atoms with van der Waals surface area (Å²) in [5.74, 6) is 1.02. The van der Waals surface area contributed by atoms with Crippen molar-refractivity contribution in [3.05, 3.63) is 23.8 Å². The molecule has 0 radical (unpaired) electrons. The van der Waals surface area contributed by atoms with E-state index in [1.807, 2.05) is 12.4 Å². The Labute approximate surface area is 144 Å². The van der Waals surface area contributed by atoms with Crippen molar-refractivity contribution in [2.75, 3.05) is 0 Å². The van der Waals surface area contributed by atoms with Crippen molar-refractivity contribution < 1.29 is 0 Å². The Kier molecular flexibility index (Phi) is 12.6. The van der Waals surface area contributed by atoms with Gasteiger partial charge in [0, 0.05) is 12.4 Å². The van der Waals surface area contributed by atoms with E-state index >= 15 is 0 Å². The lowest BCUT2D eigenvalue weighted by atomic mass is 9.99. The van der Waals surface area contributed by atoms with Gasteiger partial charge in [-0.05, 0) is 31.8 Å². The van der Waals surface area contributed by atoms with Crippen LogP contribution in [0.5, 0.6) is 0 Å². The summed E-state index contributed by atoms with van der Waals surface area (Å²) < 4.78 is 0. The summed E-state index contributed by atoms with van der Waals surface area (Å²) in [4.78, 5) is 7.58. The van der Waals surface area contributed by atoms with Gasteiger partial charge in [-0.25, -0.2) is 4.98 Å². The number of nitrogens with one attached hydrogen (secondary N) is 1. The SMILES string of the molecule is CCCCCCCCC(=Cc1ncc[nH]1)CCCCCCCC. The van der Waals surface area contributed by atoms with Crippen LogP contribution in [0.4, 0.5) is 0 Å². The molecule has 0 amide bonds. The number of hydrogen-bond donors (Lipinski definition) is 1. The van der Waals surface area contributed by atoms with Gasteiger partial charge in [0.1, 0.15) is 5.82 Å². The molecule has 0 aliphatic rings. The highest BCUT2D eigenvalue weighted by atomic mass is 14.9. The third-order valence-corrected chi connectivity index (χ3v) is 4.56. The van der Waals surface area contributed by atoms with Gasteiger partial charge in [-0.3, -0.25) is 0 Å². The van der Waals surface area contributed by atoms with Crippen LogP contribution >= 0.6 is 0 Å². The molecule has 0 aromatic carbocycles. The molecular formula is C21H38N2. The van der Waals surface area contributed by atoms with E-state index in [9.17, 15) is 0 Å². The molecule has 2 nitrogen and oxygen atoms in total. The summed E-state index contributed by atoms with van der Waals surface area (Å²) in [5.41, 5.74) is 1.59. The van der Waals surface area contributed by atoms with E-state index in [0.717, 1.165) is 5.82 Å². The number of allylic oxidation sites excluding steroid dienone is 1. The molecule has 132 valence electrons. The fraction of sp³-hybridized carbons (Fsp3) is 0.762. The Bertz CT molecular complexity index is 361. The first-order valence-corrected chi connectivity index (χ1v) is 10.1. The molecular weight excluding hydrogens is 280 g/mol. The van der Waals surface area contributed by atoms with Crippen molar-refractivity contribution in [3.8, 4) is 0 Å². The predicted molar refractivity (Wildman–Crippen MR) is 103 cm³/mol. The zero-order valence-electron chi connectivity index (χ0n) is 15.6. The van der Waals surface area contributed by atoms with Crippen LogP contribution in [0.3, 0.4) is 0 Å². The highest BCUT2D eigenvalue weighted by Gasteiger charge is 2.01. The number of rotatable bonds is 15. The van der Waals surface area contributed by atoms with Crippen LogP contribution in [-0.2, 0) is 0 Å². The summed E-state index contributed by atoms with van der Waals surface area (Å²) in [5, 5.41) is 0. The number of aromatic amines is 1. The molecule has 0 bridgehead atoms. The molecule has 0 aliphatic carbocycles. The third-order valence-electron chi connectivity index (χ3n) is 4.56. The smallest absolute Gasteiger partial charge is 0.129 e. The van der Waals surface area contributed by atoms with E-state index in [2.05, 4.69) is 29.9 Å². The molecule has 0 atom stereocenters. The first-order valence-electron chi connectivity index (χ1n) is 10.1. The summed E-state index contributed by atoms with van der Waals surface area (Å²) in [6, 6.07) is 0. The number of imidazole rings is 1. The van der Waals surface area contributed by atoms with Crippen molar-refractivity contribution in [1.29, 1.82) is 0 Å². The Hall–Kier alpha value is -1.05. The maximum Gasteiger partial charge on any atom is 0.129 e. The van der Waals surface area contributed by atoms with Gasteiger partial charge in [0.25, 0.3) is 0 Å².